The predicted molar refractivity (Wildman–Crippen MR) is 145 cm³/mol. The Morgan fingerprint density at radius 2 is 1.69 bits per heavy atom. The van der Waals surface area contributed by atoms with E-state index in [9.17, 15) is 18.0 Å². The number of halogens is 3. The minimum atomic E-state index is -3.85. The summed E-state index contributed by atoms with van der Waals surface area (Å²) >= 11 is 18.8. The summed E-state index contributed by atoms with van der Waals surface area (Å²) in [5, 5.41) is 4.15. The van der Waals surface area contributed by atoms with Gasteiger partial charge < -0.3 is 10.2 Å². The van der Waals surface area contributed by atoms with Crippen LogP contribution in [0.25, 0.3) is 0 Å². The molecule has 7 nitrogen and oxygen atoms in total. The minimum absolute atomic E-state index is 0.0602. The lowest BCUT2D eigenvalue weighted by atomic mass is 10.1. The lowest BCUT2D eigenvalue weighted by Gasteiger charge is -2.32. The summed E-state index contributed by atoms with van der Waals surface area (Å²) in [7, 11) is -3.85. The lowest BCUT2D eigenvalue weighted by molar-refractivity contribution is -0.139. The van der Waals surface area contributed by atoms with Crippen LogP contribution in [0.2, 0.25) is 15.1 Å². The summed E-state index contributed by atoms with van der Waals surface area (Å²) < 4.78 is 26.5. The van der Waals surface area contributed by atoms with Gasteiger partial charge in [-0.25, -0.2) is 8.42 Å². The predicted octanol–water partition coefficient (Wildman–Crippen LogP) is 5.20. The van der Waals surface area contributed by atoms with Crippen molar-refractivity contribution in [3.8, 4) is 0 Å². The molecule has 0 saturated heterocycles. The largest absolute Gasteiger partial charge is 0.352 e. The highest BCUT2D eigenvalue weighted by Crippen LogP contribution is 2.29. The molecule has 0 unspecified atom stereocenters. The first-order valence-corrected chi connectivity index (χ1v) is 14.6. The molecule has 0 heterocycles. The number of nitrogens with zero attached hydrogens (tertiary/aromatic N) is 2. The molecule has 2 aromatic carbocycles. The van der Waals surface area contributed by atoms with Gasteiger partial charge in [0, 0.05) is 33.2 Å². The number of anilines is 1. The number of hydrogen-bond donors (Lipinski definition) is 1. The van der Waals surface area contributed by atoms with Crippen LogP contribution in [-0.2, 0) is 26.2 Å². The van der Waals surface area contributed by atoms with E-state index in [1.54, 1.807) is 50.2 Å². The third kappa shape index (κ3) is 7.06. The summed E-state index contributed by atoms with van der Waals surface area (Å²) in [4.78, 5) is 28.1. The molecule has 0 radical (unpaired) electrons. The molecule has 2 amide bonds. The average Bonchev–Trinajstić information content (AvgIpc) is 3.29. The van der Waals surface area contributed by atoms with E-state index in [1.165, 1.54) is 4.90 Å². The van der Waals surface area contributed by atoms with Crippen LogP contribution < -0.4 is 9.62 Å². The first-order valence-electron chi connectivity index (χ1n) is 11.6. The van der Waals surface area contributed by atoms with E-state index < -0.39 is 28.5 Å². The van der Waals surface area contributed by atoms with E-state index in [0.717, 1.165) is 36.2 Å². The van der Waals surface area contributed by atoms with Crippen molar-refractivity contribution in [2.45, 2.75) is 58.2 Å². The molecule has 3 rings (SSSR count). The maximum absolute atomic E-state index is 13.7. The molecule has 1 aliphatic rings. The fraction of sp³-hybridized carbons (Fsp3) is 0.440. The summed E-state index contributed by atoms with van der Waals surface area (Å²) in [5.74, 6) is -0.883. The minimum Gasteiger partial charge on any atom is -0.352 e. The molecule has 1 aliphatic carbocycles. The van der Waals surface area contributed by atoms with E-state index >= 15 is 0 Å². The molecule has 0 bridgehead atoms. The number of benzene rings is 2. The summed E-state index contributed by atoms with van der Waals surface area (Å²) in [6.45, 7) is 2.76. The molecule has 196 valence electrons. The molecule has 1 atom stereocenters. The number of sulfonamides is 1. The number of rotatable bonds is 9. The molecule has 36 heavy (non-hydrogen) atoms. The Morgan fingerprint density at radius 3 is 2.25 bits per heavy atom. The molecule has 11 heteroatoms. The van der Waals surface area contributed by atoms with Crippen LogP contribution in [0, 0.1) is 6.92 Å². The summed E-state index contributed by atoms with van der Waals surface area (Å²) in [6.07, 6.45) is 4.89. The fourth-order valence-corrected chi connectivity index (χ4v) is 5.97. The molecule has 1 N–H and O–H groups in total. The van der Waals surface area contributed by atoms with Crippen LogP contribution >= 0.6 is 34.8 Å². The van der Waals surface area contributed by atoms with E-state index in [0.29, 0.717) is 31.9 Å². The Kier molecular flexibility index (Phi) is 9.55. The second-order valence-electron chi connectivity index (χ2n) is 9.09. The van der Waals surface area contributed by atoms with Crippen LogP contribution in [0.15, 0.2) is 36.4 Å². The Morgan fingerprint density at radius 1 is 1.08 bits per heavy atom. The number of aryl methyl sites for hydroxylation is 1. The van der Waals surface area contributed by atoms with Gasteiger partial charge in [0.2, 0.25) is 21.8 Å². The summed E-state index contributed by atoms with van der Waals surface area (Å²) in [6, 6.07) is 8.89. The second kappa shape index (κ2) is 12.0. The zero-order chi connectivity index (χ0) is 26.6. The zero-order valence-corrected chi connectivity index (χ0v) is 23.5. The maximum atomic E-state index is 13.7. The van der Waals surface area contributed by atoms with Gasteiger partial charge in [-0.15, -0.1) is 0 Å². The van der Waals surface area contributed by atoms with Crippen LogP contribution in [0.5, 0.6) is 0 Å². The van der Waals surface area contributed by atoms with Crippen LogP contribution in [0.1, 0.15) is 43.7 Å². The fourth-order valence-electron chi connectivity index (χ4n) is 4.32. The topological polar surface area (TPSA) is 86.8 Å². The van der Waals surface area contributed by atoms with Crippen molar-refractivity contribution in [1.29, 1.82) is 0 Å². The van der Waals surface area contributed by atoms with Crippen molar-refractivity contribution < 1.29 is 18.0 Å². The summed E-state index contributed by atoms with van der Waals surface area (Å²) in [5.41, 5.74) is 1.39. The standard InChI is InChI=1S/C25H30Cl3N3O4S/c1-16-13-18(26)11-12-23(16)31(36(3,34)35)15-24(32)30(14-20-21(27)9-6-10-22(20)28)17(2)25(33)29-19-7-4-5-8-19/h6,9-13,17,19H,4-5,7-8,14-15H2,1-3H3,(H,29,33)/t17-/m1/s1. The molecule has 1 fully saturated rings. The van der Waals surface area contributed by atoms with Crippen molar-refractivity contribution >= 4 is 62.3 Å². The Bertz CT molecular complexity index is 1210. The van der Waals surface area contributed by atoms with Gasteiger partial charge in [-0.1, -0.05) is 53.7 Å². The van der Waals surface area contributed by atoms with Gasteiger partial charge in [-0.2, -0.15) is 0 Å². The number of carbonyl (C=O) groups excluding carboxylic acids is 2. The van der Waals surface area contributed by atoms with Gasteiger partial charge in [-0.05, 0) is 62.6 Å². The quantitative estimate of drug-likeness (QED) is 0.446. The maximum Gasteiger partial charge on any atom is 0.244 e. The second-order valence-corrected chi connectivity index (χ2v) is 12.2. The van der Waals surface area contributed by atoms with Crippen molar-refractivity contribution in [3.63, 3.8) is 0 Å². The Balaban J connectivity index is 1.95. The highest BCUT2D eigenvalue weighted by atomic mass is 35.5. The van der Waals surface area contributed by atoms with Crippen molar-refractivity contribution in [2.75, 3.05) is 17.1 Å². The van der Waals surface area contributed by atoms with Gasteiger partial charge in [0.05, 0.1) is 11.9 Å². The monoisotopic (exact) mass is 573 g/mol. The average molecular weight is 575 g/mol. The molecule has 0 aliphatic heterocycles. The zero-order valence-electron chi connectivity index (χ0n) is 20.4. The molecule has 0 spiro atoms. The van der Waals surface area contributed by atoms with E-state index in [4.69, 9.17) is 34.8 Å². The third-order valence-corrected chi connectivity index (χ3v) is 8.44. The van der Waals surface area contributed by atoms with Gasteiger partial charge in [-0.3, -0.25) is 13.9 Å². The van der Waals surface area contributed by atoms with E-state index in [1.807, 2.05) is 0 Å². The van der Waals surface area contributed by atoms with Crippen LogP contribution in [0.4, 0.5) is 5.69 Å². The first-order chi connectivity index (χ1) is 16.9. The van der Waals surface area contributed by atoms with Gasteiger partial charge in [0.25, 0.3) is 0 Å². The normalized spacial score (nSPS) is 14.9. The van der Waals surface area contributed by atoms with Crippen LogP contribution in [0.3, 0.4) is 0 Å². The number of nitrogens with one attached hydrogen (secondary N) is 1. The molecule has 0 aromatic heterocycles. The Hall–Kier alpha value is -2.00. The molecule has 1 saturated carbocycles. The number of amides is 2. The first kappa shape index (κ1) is 28.6. The van der Waals surface area contributed by atoms with Crippen molar-refractivity contribution in [1.82, 2.24) is 10.2 Å². The lowest BCUT2D eigenvalue weighted by Crippen LogP contribution is -2.52. The van der Waals surface area contributed by atoms with Crippen molar-refractivity contribution in [2.24, 2.45) is 0 Å². The van der Waals surface area contributed by atoms with Gasteiger partial charge >= 0.3 is 0 Å². The highest BCUT2D eigenvalue weighted by Gasteiger charge is 2.32. The SMILES string of the molecule is Cc1cc(Cl)ccc1N(CC(=O)N(Cc1c(Cl)cccc1Cl)[C@H](C)C(=O)NC1CCCC1)S(C)(=O)=O. The molecular formula is C25H30Cl3N3O4S. The smallest absolute Gasteiger partial charge is 0.244 e. The third-order valence-electron chi connectivity index (χ3n) is 6.37. The van der Waals surface area contributed by atoms with Gasteiger partial charge in [0.1, 0.15) is 12.6 Å². The van der Waals surface area contributed by atoms with Crippen LogP contribution in [-0.4, -0.2) is 50.0 Å². The number of hydrogen-bond acceptors (Lipinski definition) is 4. The molecule has 2 aromatic rings. The highest BCUT2D eigenvalue weighted by molar-refractivity contribution is 7.92. The molecular weight excluding hydrogens is 545 g/mol. The van der Waals surface area contributed by atoms with E-state index in [-0.39, 0.29) is 18.5 Å². The van der Waals surface area contributed by atoms with Crippen molar-refractivity contribution in [3.05, 3.63) is 62.6 Å². The number of carbonyl (C=O) groups is 2. The van der Waals surface area contributed by atoms with Gasteiger partial charge in [0.15, 0.2) is 0 Å². The van der Waals surface area contributed by atoms with E-state index in [2.05, 4.69) is 5.32 Å². The Labute approximate surface area is 227 Å².